The van der Waals surface area contributed by atoms with Gasteiger partial charge in [-0.25, -0.2) is 9.18 Å². The molecule has 2 aromatic rings. The minimum atomic E-state index is -0.757. The Morgan fingerprint density at radius 1 is 1.18 bits per heavy atom. The summed E-state index contributed by atoms with van der Waals surface area (Å²) in [7, 11) is 2.98. The summed E-state index contributed by atoms with van der Waals surface area (Å²) < 4.78 is 19.6. The molecule has 6 nitrogen and oxygen atoms in total. The third kappa shape index (κ3) is 3.69. The van der Waals surface area contributed by atoms with Crippen LogP contribution in [0.15, 0.2) is 24.3 Å². The van der Waals surface area contributed by atoms with Crippen LogP contribution in [0.5, 0.6) is 0 Å². The normalized spacial score (nSPS) is 11.8. The van der Waals surface area contributed by atoms with Gasteiger partial charge in [-0.05, 0) is 57.5 Å². The van der Waals surface area contributed by atoms with E-state index in [0.717, 1.165) is 0 Å². The highest BCUT2D eigenvalue weighted by Crippen LogP contribution is 2.25. The molecule has 1 heterocycles. The molecular formula is C21H25FN2O4. The zero-order valence-corrected chi connectivity index (χ0v) is 17.0. The molecule has 0 aliphatic heterocycles. The van der Waals surface area contributed by atoms with Gasteiger partial charge in [-0.2, -0.15) is 0 Å². The number of carbonyl (C=O) groups is 3. The van der Waals surface area contributed by atoms with Crippen LogP contribution in [-0.4, -0.2) is 46.8 Å². The zero-order chi connectivity index (χ0) is 21.2. The first-order chi connectivity index (χ1) is 13.1. The molecule has 0 saturated carbocycles. The van der Waals surface area contributed by atoms with Gasteiger partial charge in [0.2, 0.25) is 0 Å². The van der Waals surface area contributed by atoms with Gasteiger partial charge in [-0.15, -0.1) is 0 Å². The molecule has 2 rings (SSSR count). The van der Waals surface area contributed by atoms with Crippen LogP contribution in [0.1, 0.15) is 56.3 Å². The Kier molecular flexibility index (Phi) is 6.38. The summed E-state index contributed by atoms with van der Waals surface area (Å²) in [5.41, 5.74) is 2.16. The zero-order valence-electron chi connectivity index (χ0n) is 17.0. The second kappa shape index (κ2) is 8.37. The summed E-state index contributed by atoms with van der Waals surface area (Å²) in [4.78, 5) is 39.6. The number of nitrogens with zero attached hydrogens (tertiary/aromatic N) is 2. The first-order valence-corrected chi connectivity index (χ1v) is 9.00. The van der Waals surface area contributed by atoms with Crippen molar-refractivity contribution in [1.82, 2.24) is 9.47 Å². The maximum Gasteiger partial charge on any atom is 0.354 e. The number of hydrogen-bond donors (Lipinski definition) is 0. The SMILES string of the molecule is CCN(C(=O)c1ccc(F)cc1)C(C)C(=O)c1c(C)c(C(=O)OC)n(C)c1C. The first kappa shape index (κ1) is 21.3. The molecule has 1 aromatic heterocycles. The molecule has 1 aromatic carbocycles. The Morgan fingerprint density at radius 3 is 2.25 bits per heavy atom. The van der Waals surface area contributed by atoms with Crippen LogP contribution in [0.4, 0.5) is 4.39 Å². The third-order valence-corrected chi connectivity index (χ3v) is 5.10. The predicted octanol–water partition coefficient (Wildman–Crippen LogP) is 3.30. The molecule has 0 spiro atoms. The molecular weight excluding hydrogens is 363 g/mol. The van der Waals surface area contributed by atoms with E-state index in [1.807, 2.05) is 0 Å². The summed E-state index contributed by atoms with van der Waals surface area (Å²) in [6.45, 7) is 7.17. The summed E-state index contributed by atoms with van der Waals surface area (Å²) in [5, 5.41) is 0. The average molecular weight is 388 g/mol. The van der Waals surface area contributed by atoms with Crippen LogP contribution in [0.25, 0.3) is 0 Å². The van der Waals surface area contributed by atoms with Gasteiger partial charge in [0.1, 0.15) is 11.5 Å². The number of halogens is 1. The highest BCUT2D eigenvalue weighted by Gasteiger charge is 2.32. The maximum atomic E-state index is 13.2. The number of esters is 1. The molecule has 0 aliphatic rings. The second-order valence-corrected chi connectivity index (χ2v) is 6.62. The second-order valence-electron chi connectivity index (χ2n) is 6.62. The molecule has 0 saturated heterocycles. The smallest absolute Gasteiger partial charge is 0.354 e. The molecule has 0 fully saturated rings. The van der Waals surface area contributed by atoms with Gasteiger partial charge in [0.25, 0.3) is 5.91 Å². The number of methoxy groups -OCH3 is 1. The van der Waals surface area contributed by atoms with E-state index in [1.54, 1.807) is 39.3 Å². The lowest BCUT2D eigenvalue weighted by molar-refractivity contribution is 0.0588. The Hall–Kier alpha value is -2.96. The molecule has 1 atom stereocenters. The quantitative estimate of drug-likeness (QED) is 0.562. The van der Waals surface area contributed by atoms with E-state index < -0.39 is 17.8 Å². The van der Waals surface area contributed by atoms with Crippen molar-refractivity contribution in [1.29, 1.82) is 0 Å². The average Bonchev–Trinajstić information content (AvgIpc) is 2.90. The van der Waals surface area contributed by atoms with Gasteiger partial charge in [-0.3, -0.25) is 9.59 Å². The number of ketones is 1. The van der Waals surface area contributed by atoms with Gasteiger partial charge >= 0.3 is 5.97 Å². The van der Waals surface area contributed by atoms with Crippen LogP contribution < -0.4 is 0 Å². The van der Waals surface area contributed by atoms with Gasteiger partial charge in [0.05, 0.1) is 13.2 Å². The van der Waals surface area contributed by atoms with E-state index in [-0.39, 0.29) is 11.7 Å². The van der Waals surface area contributed by atoms with Crippen molar-refractivity contribution in [2.45, 2.75) is 33.7 Å². The first-order valence-electron chi connectivity index (χ1n) is 9.00. The fourth-order valence-corrected chi connectivity index (χ4v) is 3.43. The van der Waals surface area contributed by atoms with Crippen LogP contribution in [0.2, 0.25) is 0 Å². The third-order valence-electron chi connectivity index (χ3n) is 5.10. The van der Waals surface area contributed by atoms with Crippen molar-refractivity contribution < 1.29 is 23.5 Å². The molecule has 0 aliphatic carbocycles. The van der Waals surface area contributed by atoms with Crippen molar-refractivity contribution in [2.24, 2.45) is 7.05 Å². The minimum Gasteiger partial charge on any atom is -0.464 e. The maximum absolute atomic E-state index is 13.2. The van der Waals surface area contributed by atoms with Crippen LogP contribution >= 0.6 is 0 Å². The number of benzene rings is 1. The highest BCUT2D eigenvalue weighted by atomic mass is 19.1. The van der Waals surface area contributed by atoms with Crippen LogP contribution in [-0.2, 0) is 11.8 Å². The van der Waals surface area contributed by atoms with Crippen LogP contribution in [0.3, 0.4) is 0 Å². The van der Waals surface area contributed by atoms with Gasteiger partial charge in [-0.1, -0.05) is 0 Å². The summed E-state index contributed by atoms with van der Waals surface area (Å²) in [6, 6.07) is 4.45. The van der Waals surface area contributed by atoms with E-state index in [9.17, 15) is 18.8 Å². The fourth-order valence-electron chi connectivity index (χ4n) is 3.43. The number of Topliss-reactive ketones (excluding diaryl/α,β-unsaturated/α-hetero) is 1. The summed E-state index contributed by atoms with van der Waals surface area (Å²) in [5.74, 6) is -1.58. The lowest BCUT2D eigenvalue weighted by Crippen LogP contribution is -2.43. The van der Waals surface area contributed by atoms with Gasteiger partial charge in [0, 0.05) is 30.4 Å². The Morgan fingerprint density at radius 2 is 1.75 bits per heavy atom. The molecule has 0 radical (unpaired) electrons. The van der Waals surface area contributed by atoms with Crippen molar-refractivity contribution in [2.75, 3.05) is 13.7 Å². The fraction of sp³-hybridized carbons (Fsp3) is 0.381. The monoisotopic (exact) mass is 388 g/mol. The number of amides is 1. The van der Waals surface area contributed by atoms with E-state index in [0.29, 0.717) is 34.6 Å². The lowest BCUT2D eigenvalue weighted by atomic mass is 9.99. The van der Waals surface area contributed by atoms with Crippen LogP contribution in [0, 0.1) is 19.7 Å². The highest BCUT2D eigenvalue weighted by molar-refractivity contribution is 6.07. The molecule has 150 valence electrons. The van der Waals surface area contributed by atoms with E-state index in [4.69, 9.17) is 4.74 Å². The van der Waals surface area contributed by atoms with Crippen molar-refractivity contribution in [3.05, 3.63) is 58.2 Å². The minimum absolute atomic E-state index is 0.266. The standard InChI is InChI=1S/C21H25FN2O4/c1-7-24(20(26)15-8-10-16(22)11-9-15)14(4)19(25)17-12(2)18(21(27)28-6)23(5)13(17)3/h8-11,14H,7H2,1-6H3. The Balaban J connectivity index is 2.41. The predicted molar refractivity (Wildman–Crippen MR) is 103 cm³/mol. The molecule has 7 heteroatoms. The van der Waals surface area contributed by atoms with Gasteiger partial charge in [0.15, 0.2) is 5.78 Å². The number of ether oxygens (including phenoxy) is 1. The molecule has 0 bridgehead atoms. The van der Waals surface area contributed by atoms with Crippen molar-refractivity contribution in [3.8, 4) is 0 Å². The molecule has 28 heavy (non-hydrogen) atoms. The van der Waals surface area contributed by atoms with Crippen molar-refractivity contribution >= 4 is 17.7 Å². The van der Waals surface area contributed by atoms with Crippen molar-refractivity contribution in [3.63, 3.8) is 0 Å². The lowest BCUT2D eigenvalue weighted by Gasteiger charge is -2.27. The number of rotatable bonds is 6. The van der Waals surface area contributed by atoms with E-state index in [1.165, 1.54) is 36.3 Å². The number of hydrogen-bond acceptors (Lipinski definition) is 4. The Labute approximate surface area is 163 Å². The molecule has 1 unspecified atom stereocenters. The summed E-state index contributed by atoms with van der Waals surface area (Å²) in [6.07, 6.45) is 0. The topological polar surface area (TPSA) is 68.6 Å². The van der Waals surface area contributed by atoms with E-state index in [2.05, 4.69) is 0 Å². The summed E-state index contributed by atoms with van der Waals surface area (Å²) >= 11 is 0. The largest absolute Gasteiger partial charge is 0.464 e. The molecule has 1 amide bonds. The van der Waals surface area contributed by atoms with Gasteiger partial charge < -0.3 is 14.2 Å². The number of carbonyl (C=O) groups excluding carboxylic acids is 3. The number of likely N-dealkylation sites (N-methyl/N-ethyl adjacent to an activating group) is 1. The van der Waals surface area contributed by atoms with E-state index >= 15 is 0 Å². The Bertz CT molecular complexity index is 915. The number of aromatic nitrogens is 1. The molecule has 0 N–H and O–H groups in total.